The average molecular weight is 405 g/mol. The fourth-order valence-electron chi connectivity index (χ4n) is 2.53. The largest absolute Gasteiger partial charge is 0.397 e. The minimum atomic E-state index is -4.06. The summed E-state index contributed by atoms with van der Waals surface area (Å²) in [6, 6.07) is 5.88. The topological polar surface area (TPSA) is 138 Å². The van der Waals surface area contributed by atoms with Crippen LogP contribution in [0.15, 0.2) is 40.2 Å². The third-order valence-corrected chi connectivity index (χ3v) is 6.08. The Bertz CT molecular complexity index is 1080. The lowest BCUT2D eigenvalue weighted by Crippen LogP contribution is -2.35. The maximum absolute atomic E-state index is 12.9. The molecule has 1 amide bonds. The molecule has 0 aliphatic rings. The Morgan fingerprint density at radius 3 is 2.61 bits per heavy atom. The van der Waals surface area contributed by atoms with Crippen LogP contribution >= 0.6 is 0 Å². The number of hydrogen-bond acceptors (Lipinski definition) is 6. The monoisotopic (exact) mass is 405 g/mol. The quantitative estimate of drug-likeness (QED) is 0.462. The van der Waals surface area contributed by atoms with E-state index < -0.39 is 22.5 Å². The zero-order chi connectivity index (χ0) is 21.1. The first-order valence-electron chi connectivity index (χ1n) is 8.46. The van der Waals surface area contributed by atoms with Gasteiger partial charge in [0, 0.05) is 43.8 Å². The molecule has 0 aliphatic carbocycles. The molecule has 0 saturated heterocycles. The first kappa shape index (κ1) is 21.3. The molecule has 9 nitrogen and oxygen atoms in total. The number of aromatic nitrogens is 1. The zero-order valence-corrected chi connectivity index (χ0v) is 16.7. The van der Waals surface area contributed by atoms with Crippen LogP contribution < -0.4 is 16.6 Å². The van der Waals surface area contributed by atoms with Crippen molar-refractivity contribution in [3.05, 3.63) is 51.9 Å². The summed E-state index contributed by atoms with van der Waals surface area (Å²) in [5.74, 6) is -0.600. The maximum Gasteiger partial charge on any atom is 0.252 e. The number of amides is 1. The normalized spacial score (nSPS) is 11.4. The summed E-state index contributed by atoms with van der Waals surface area (Å²) in [5.41, 5.74) is 6.88. The van der Waals surface area contributed by atoms with Crippen molar-refractivity contribution in [2.24, 2.45) is 7.05 Å². The fraction of sp³-hybridized carbons (Fsp3) is 0.278. The van der Waals surface area contributed by atoms with Gasteiger partial charge in [-0.1, -0.05) is 6.92 Å². The van der Waals surface area contributed by atoms with E-state index in [1.807, 2.05) is 6.92 Å². The van der Waals surface area contributed by atoms with Gasteiger partial charge < -0.3 is 21.0 Å². The number of carbonyl (C=O) groups is 1. The van der Waals surface area contributed by atoms with Gasteiger partial charge >= 0.3 is 0 Å². The van der Waals surface area contributed by atoms with Crippen molar-refractivity contribution in [3.8, 4) is 0 Å². The molecule has 0 atom stereocenters. The van der Waals surface area contributed by atoms with Gasteiger partial charge in [-0.05, 0) is 30.2 Å². The van der Waals surface area contributed by atoms with Gasteiger partial charge in [0.1, 0.15) is 4.90 Å². The molecule has 0 bridgehead atoms. The Hall–Kier alpha value is -2.98. The maximum atomic E-state index is 12.9. The van der Waals surface area contributed by atoms with E-state index >= 15 is 0 Å². The number of nitrogens with zero attached hydrogens (tertiary/aromatic N) is 2. The van der Waals surface area contributed by atoms with Crippen LogP contribution in [-0.2, 0) is 28.3 Å². The molecule has 0 unspecified atom stereocenters. The summed E-state index contributed by atoms with van der Waals surface area (Å²) in [4.78, 5) is 23.7. The second-order valence-corrected chi connectivity index (χ2v) is 8.28. The predicted molar refractivity (Wildman–Crippen MR) is 108 cm³/mol. The van der Waals surface area contributed by atoms with Crippen molar-refractivity contribution in [1.82, 2.24) is 8.87 Å². The number of hydrogen-bond donors (Lipinski definition) is 3. The van der Waals surface area contributed by atoms with Crippen molar-refractivity contribution >= 4 is 33.5 Å². The Morgan fingerprint density at radius 1 is 1.36 bits per heavy atom. The first-order valence-corrected chi connectivity index (χ1v) is 9.90. The molecule has 2 rings (SSSR count). The van der Waals surface area contributed by atoms with E-state index in [1.165, 1.54) is 36.0 Å². The van der Waals surface area contributed by atoms with Gasteiger partial charge in [-0.15, -0.1) is 0 Å². The van der Waals surface area contributed by atoms with Gasteiger partial charge in [-0.2, -0.15) is 4.31 Å². The van der Waals surface area contributed by atoms with Crippen LogP contribution in [0.4, 0.5) is 11.4 Å². The Morgan fingerprint density at radius 2 is 2.04 bits per heavy atom. The number of benzene rings is 1. The van der Waals surface area contributed by atoms with Crippen LogP contribution in [0.5, 0.6) is 0 Å². The molecule has 1 heterocycles. The molecule has 1 aromatic carbocycles. The molecule has 28 heavy (non-hydrogen) atoms. The molecule has 0 spiro atoms. The predicted octanol–water partition coefficient (Wildman–Crippen LogP) is 0.787. The summed E-state index contributed by atoms with van der Waals surface area (Å²) in [6.07, 6.45) is 3.06. The van der Waals surface area contributed by atoms with Crippen LogP contribution in [0.25, 0.3) is 0 Å². The second-order valence-electron chi connectivity index (χ2n) is 6.27. The van der Waals surface area contributed by atoms with Gasteiger partial charge in [-0.25, -0.2) is 8.42 Å². The number of sulfonamides is 1. The van der Waals surface area contributed by atoms with Gasteiger partial charge in [0.25, 0.3) is 5.56 Å². The number of rotatable bonds is 7. The summed E-state index contributed by atoms with van der Waals surface area (Å²) < 4.78 is 28.0. The van der Waals surface area contributed by atoms with Gasteiger partial charge in [0.05, 0.1) is 12.2 Å². The standard InChI is InChI=1S/C18H23N5O4S/c1-4-12-7-13(10-19)18(20)15(8-12)28(26,27)23(3)11-16(24)21-14-5-6-22(2)17(25)9-14/h5-10,19H,4,11,20H2,1-3H3,(H,21,24). The Labute approximate surface area is 163 Å². The number of nitrogens with two attached hydrogens (primary N) is 1. The molecule has 0 fully saturated rings. The van der Waals surface area contributed by atoms with E-state index in [9.17, 15) is 18.0 Å². The third kappa shape index (κ3) is 4.46. The van der Waals surface area contributed by atoms with Crippen LogP contribution in [0, 0.1) is 5.41 Å². The van der Waals surface area contributed by atoms with Crippen LogP contribution in [0.1, 0.15) is 18.1 Å². The van der Waals surface area contributed by atoms with Crippen LogP contribution in [-0.4, -0.2) is 43.0 Å². The van der Waals surface area contributed by atoms with Crippen molar-refractivity contribution in [2.45, 2.75) is 18.2 Å². The van der Waals surface area contributed by atoms with Gasteiger partial charge in [-0.3, -0.25) is 9.59 Å². The van der Waals surface area contributed by atoms with Gasteiger partial charge in [0.15, 0.2) is 0 Å². The molecular weight excluding hydrogens is 382 g/mol. The average Bonchev–Trinajstić information content (AvgIpc) is 2.64. The molecule has 0 aliphatic heterocycles. The highest BCUT2D eigenvalue weighted by molar-refractivity contribution is 7.89. The number of carbonyl (C=O) groups excluding carboxylic acids is 1. The van der Waals surface area contributed by atoms with E-state index in [0.717, 1.165) is 10.5 Å². The fourth-order valence-corrected chi connectivity index (χ4v) is 3.85. The molecular formula is C18H23N5O4S. The lowest BCUT2D eigenvalue weighted by molar-refractivity contribution is -0.116. The number of pyridine rings is 1. The van der Waals surface area contributed by atoms with Gasteiger partial charge in [0.2, 0.25) is 15.9 Å². The lowest BCUT2D eigenvalue weighted by Gasteiger charge is -2.19. The molecule has 10 heteroatoms. The van der Waals surface area contributed by atoms with Crippen molar-refractivity contribution < 1.29 is 13.2 Å². The Balaban J connectivity index is 2.26. The second kappa shape index (κ2) is 8.36. The van der Waals surface area contributed by atoms with E-state index in [2.05, 4.69) is 5.32 Å². The molecule has 4 N–H and O–H groups in total. The molecule has 150 valence electrons. The van der Waals surface area contributed by atoms with Crippen LogP contribution in [0.2, 0.25) is 0 Å². The number of aryl methyl sites for hydroxylation is 2. The highest BCUT2D eigenvalue weighted by Gasteiger charge is 2.26. The SMILES string of the molecule is CCc1cc(C=N)c(N)c(S(=O)(=O)N(C)CC(=O)Nc2ccn(C)c(=O)c2)c1. The summed E-state index contributed by atoms with van der Waals surface area (Å²) in [7, 11) is -1.22. The van der Waals surface area contributed by atoms with Crippen molar-refractivity contribution in [1.29, 1.82) is 5.41 Å². The number of nitrogen functional groups attached to an aromatic ring is 1. The summed E-state index contributed by atoms with van der Waals surface area (Å²) in [5, 5.41) is 9.93. The molecule has 0 radical (unpaired) electrons. The summed E-state index contributed by atoms with van der Waals surface area (Å²) >= 11 is 0. The molecule has 0 saturated carbocycles. The van der Waals surface area contributed by atoms with E-state index in [0.29, 0.717) is 17.5 Å². The summed E-state index contributed by atoms with van der Waals surface area (Å²) in [6.45, 7) is 1.39. The van der Waals surface area contributed by atoms with Crippen molar-refractivity contribution in [3.63, 3.8) is 0 Å². The minimum absolute atomic E-state index is 0.0361. The molecule has 2 aromatic rings. The van der Waals surface area contributed by atoms with E-state index in [-0.39, 0.29) is 21.8 Å². The van der Waals surface area contributed by atoms with E-state index in [4.69, 9.17) is 11.1 Å². The smallest absolute Gasteiger partial charge is 0.252 e. The van der Waals surface area contributed by atoms with Crippen molar-refractivity contribution in [2.75, 3.05) is 24.6 Å². The Kier molecular flexibility index (Phi) is 6.37. The van der Waals surface area contributed by atoms with E-state index in [1.54, 1.807) is 13.1 Å². The minimum Gasteiger partial charge on any atom is -0.397 e. The highest BCUT2D eigenvalue weighted by atomic mass is 32.2. The third-order valence-electron chi connectivity index (χ3n) is 4.24. The lowest BCUT2D eigenvalue weighted by atomic mass is 10.1. The number of likely N-dealkylation sites (N-methyl/N-ethyl adjacent to an activating group) is 1. The first-order chi connectivity index (χ1) is 13.1. The number of anilines is 2. The zero-order valence-electron chi connectivity index (χ0n) is 15.9. The number of nitrogens with one attached hydrogen (secondary N) is 2. The molecule has 1 aromatic heterocycles. The highest BCUT2D eigenvalue weighted by Crippen LogP contribution is 2.26. The van der Waals surface area contributed by atoms with Crippen LogP contribution in [0.3, 0.4) is 0 Å².